The topological polar surface area (TPSA) is 41.9 Å². The standard InChI is InChI=1S/C14H22N4/c1-14(2,8-16-9-15-3)11-5-6-13-12(7-11)17-10-18(13)4/h5-7,10,15-16H,8-9H2,1-4H3. The fourth-order valence-corrected chi connectivity index (χ4v) is 2.16. The third kappa shape index (κ3) is 2.54. The zero-order chi connectivity index (χ0) is 13.2. The molecule has 0 aliphatic rings. The molecule has 0 aliphatic heterocycles. The normalized spacial score (nSPS) is 12.2. The highest BCUT2D eigenvalue weighted by atomic mass is 15.0. The molecule has 0 radical (unpaired) electrons. The Kier molecular flexibility index (Phi) is 3.68. The number of nitrogens with one attached hydrogen (secondary N) is 2. The van der Waals surface area contributed by atoms with Crippen molar-refractivity contribution in [3.8, 4) is 0 Å². The van der Waals surface area contributed by atoms with Crippen molar-refractivity contribution in [1.82, 2.24) is 20.2 Å². The largest absolute Gasteiger partial charge is 0.334 e. The zero-order valence-electron chi connectivity index (χ0n) is 11.6. The van der Waals surface area contributed by atoms with Crippen molar-refractivity contribution in [2.45, 2.75) is 19.3 Å². The highest BCUT2D eigenvalue weighted by Gasteiger charge is 2.20. The van der Waals surface area contributed by atoms with Gasteiger partial charge in [-0.15, -0.1) is 0 Å². The molecule has 18 heavy (non-hydrogen) atoms. The number of benzene rings is 1. The van der Waals surface area contributed by atoms with Crippen molar-refractivity contribution in [2.75, 3.05) is 20.3 Å². The molecule has 2 rings (SSSR count). The number of aryl methyl sites for hydroxylation is 1. The molecule has 98 valence electrons. The lowest BCUT2D eigenvalue weighted by Gasteiger charge is -2.25. The second kappa shape index (κ2) is 5.08. The van der Waals surface area contributed by atoms with Crippen LogP contribution < -0.4 is 10.6 Å². The third-order valence-corrected chi connectivity index (χ3v) is 3.38. The molecule has 4 nitrogen and oxygen atoms in total. The van der Waals surface area contributed by atoms with Crippen LogP contribution in [-0.4, -0.2) is 29.8 Å². The molecule has 0 fully saturated rings. The van der Waals surface area contributed by atoms with Crippen LogP contribution in [0.4, 0.5) is 0 Å². The SMILES string of the molecule is CNCNCC(C)(C)c1ccc2c(c1)ncn2C. The molecule has 0 unspecified atom stereocenters. The van der Waals surface area contributed by atoms with Gasteiger partial charge in [-0.1, -0.05) is 19.9 Å². The van der Waals surface area contributed by atoms with Gasteiger partial charge in [0.25, 0.3) is 0 Å². The lowest BCUT2D eigenvalue weighted by atomic mass is 9.84. The van der Waals surface area contributed by atoms with E-state index in [4.69, 9.17) is 0 Å². The molecular formula is C14H22N4. The van der Waals surface area contributed by atoms with Gasteiger partial charge in [-0.2, -0.15) is 0 Å². The molecule has 1 aromatic heterocycles. The molecule has 2 N–H and O–H groups in total. The average Bonchev–Trinajstić information content (AvgIpc) is 2.71. The summed E-state index contributed by atoms with van der Waals surface area (Å²) in [6.07, 6.45) is 1.86. The molecule has 0 spiro atoms. The number of aromatic nitrogens is 2. The molecule has 0 saturated heterocycles. The average molecular weight is 246 g/mol. The second-order valence-electron chi connectivity index (χ2n) is 5.40. The Balaban J connectivity index is 2.23. The minimum atomic E-state index is 0.0998. The van der Waals surface area contributed by atoms with E-state index in [2.05, 4.69) is 47.7 Å². The van der Waals surface area contributed by atoms with Crippen LogP contribution in [0.15, 0.2) is 24.5 Å². The number of hydrogen-bond acceptors (Lipinski definition) is 3. The van der Waals surface area contributed by atoms with E-state index >= 15 is 0 Å². The van der Waals surface area contributed by atoms with E-state index in [9.17, 15) is 0 Å². The second-order valence-corrected chi connectivity index (χ2v) is 5.40. The van der Waals surface area contributed by atoms with Gasteiger partial charge in [-0.25, -0.2) is 4.98 Å². The van der Waals surface area contributed by atoms with E-state index in [1.807, 2.05) is 25.0 Å². The first-order valence-electron chi connectivity index (χ1n) is 6.31. The van der Waals surface area contributed by atoms with E-state index in [0.29, 0.717) is 0 Å². The number of rotatable bonds is 5. The lowest BCUT2D eigenvalue weighted by Crippen LogP contribution is -2.37. The van der Waals surface area contributed by atoms with E-state index in [0.717, 1.165) is 18.7 Å². The van der Waals surface area contributed by atoms with Crippen LogP contribution in [0.3, 0.4) is 0 Å². The van der Waals surface area contributed by atoms with E-state index < -0.39 is 0 Å². The molecule has 0 atom stereocenters. The van der Waals surface area contributed by atoms with Crippen LogP contribution in [0.2, 0.25) is 0 Å². The van der Waals surface area contributed by atoms with Crippen molar-refractivity contribution in [2.24, 2.45) is 7.05 Å². The fourth-order valence-electron chi connectivity index (χ4n) is 2.16. The highest BCUT2D eigenvalue weighted by Crippen LogP contribution is 2.25. The maximum Gasteiger partial charge on any atom is 0.0955 e. The molecule has 0 amide bonds. The molecule has 1 aromatic carbocycles. The highest BCUT2D eigenvalue weighted by molar-refractivity contribution is 5.76. The van der Waals surface area contributed by atoms with Crippen LogP contribution in [0.1, 0.15) is 19.4 Å². The van der Waals surface area contributed by atoms with Gasteiger partial charge < -0.3 is 15.2 Å². The van der Waals surface area contributed by atoms with Crippen LogP contribution in [0.5, 0.6) is 0 Å². The van der Waals surface area contributed by atoms with Crippen LogP contribution >= 0.6 is 0 Å². The summed E-state index contributed by atoms with van der Waals surface area (Å²) in [6.45, 7) is 6.26. The van der Waals surface area contributed by atoms with Crippen LogP contribution in [0.25, 0.3) is 11.0 Å². The Bertz CT molecular complexity index is 528. The Morgan fingerprint density at radius 2 is 2.11 bits per heavy atom. The summed E-state index contributed by atoms with van der Waals surface area (Å²) in [5.41, 5.74) is 3.66. The summed E-state index contributed by atoms with van der Waals surface area (Å²) in [4.78, 5) is 4.42. The van der Waals surface area contributed by atoms with Gasteiger partial charge in [0.2, 0.25) is 0 Å². The first-order chi connectivity index (χ1) is 8.54. The Morgan fingerprint density at radius 1 is 1.33 bits per heavy atom. The maximum absolute atomic E-state index is 4.42. The Hall–Kier alpha value is -1.39. The Labute approximate surface area is 108 Å². The smallest absolute Gasteiger partial charge is 0.0955 e. The van der Waals surface area contributed by atoms with Gasteiger partial charge in [0.05, 0.1) is 17.4 Å². The lowest BCUT2D eigenvalue weighted by molar-refractivity contribution is 0.461. The first-order valence-corrected chi connectivity index (χ1v) is 6.31. The maximum atomic E-state index is 4.42. The number of imidazole rings is 1. The quantitative estimate of drug-likeness (QED) is 0.622. The summed E-state index contributed by atoms with van der Waals surface area (Å²) < 4.78 is 2.05. The minimum Gasteiger partial charge on any atom is -0.334 e. The molecule has 4 heteroatoms. The van der Waals surface area contributed by atoms with Crippen LogP contribution in [0, 0.1) is 0 Å². The third-order valence-electron chi connectivity index (χ3n) is 3.38. The number of hydrogen-bond donors (Lipinski definition) is 2. The van der Waals surface area contributed by atoms with Crippen molar-refractivity contribution >= 4 is 11.0 Å². The minimum absolute atomic E-state index is 0.0998. The van der Waals surface area contributed by atoms with Gasteiger partial charge in [0.1, 0.15) is 0 Å². The van der Waals surface area contributed by atoms with E-state index in [1.165, 1.54) is 11.1 Å². The predicted octanol–water partition coefficient (Wildman–Crippen LogP) is 1.62. The van der Waals surface area contributed by atoms with Gasteiger partial charge >= 0.3 is 0 Å². The summed E-state index contributed by atoms with van der Waals surface area (Å²) in [5.74, 6) is 0. The fraction of sp³-hybridized carbons (Fsp3) is 0.500. The molecule has 2 aromatic rings. The number of nitrogens with zero attached hydrogens (tertiary/aromatic N) is 2. The zero-order valence-corrected chi connectivity index (χ0v) is 11.6. The van der Waals surface area contributed by atoms with Crippen LogP contribution in [-0.2, 0) is 12.5 Å². The molecular weight excluding hydrogens is 224 g/mol. The summed E-state index contributed by atoms with van der Waals surface area (Å²) >= 11 is 0. The molecule has 0 aliphatic carbocycles. The van der Waals surface area contributed by atoms with Gasteiger partial charge in [0.15, 0.2) is 0 Å². The summed E-state index contributed by atoms with van der Waals surface area (Å²) in [7, 11) is 3.97. The van der Waals surface area contributed by atoms with Crippen molar-refractivity contribution in [3.05, 3.63) is 30.1 Å². The van der Waals surface area contributed by atoms with Gasteiger partial charge in [-0.05, 0) is 24.7 Å². The van der Waals surface area contributed by atoms with Gasteiger partial charge in [0, 0.05) is 25.7 Å². The molecule has 0 bridgehead atoms. The van der Waals surface area contributed by atoms with Gasteiger partial charge in [-0.3, -0.25) is 0 Å². The molecule has 1 heterocycles. The monoisotopic (exact) mass is 246 g/mol. The number of fused-ring (bicyclic) bond motifs is 1. The van der Waals surface area contributed by atoms with Crippen molar-refractivity contribution in [1.29, 1.82) is 0 Å². The first kappa shape index (κ1) is 13.1. The summed E-state index contributed by atoms with van der Waals surface area (Å²) in [6, 6.07) is 6.54. The van der Waals surface area contributed by atoms with Crippen molar-refractivity contribution < 1.29 is 0 Å². The Morgan fingerprint density at radius 3 is 2.83 bits per heavy atom. The molecule has 0 saturated carbocycles. The predicted molar refractivity (Wildman–Crippen MR) is 75.7 cm³/mol. The van der Waals surface area contributed by atoms with E-state index in [1.54, 1.807) is 0 Å². The summed E-state index contributed by atoms with van der Waals surface area (Å²) in [5, 5.41) is 6.49. The van der Waals surface area contributed by atoms with Crippen molar-refractivity contribution in [3.63, 3.8) is 0 Å². The van der Waals surface area contributed by atoms with E-state index in [-0.39, 0.29) is 5.41 Å².